The molecule has 6 heteroatoms. The van der Waals surface area contributed by atoms with E-state index in [1.54, 1.807) is 18.3 Å². The summed E-state index contributed by atoms with van der Waals surface area (Å²) in [7, 11) is 1.52. The normalized spacial score (nSPS) is 18.2. The molecular formula is C17H20FN3O2. The first-order valence-corrected chi connectivity index (χ1v) is 7.75. The fourth-order valence-electron chi connectivity index (χ4n) is 3.16. The average molecular weight is 317 g/mol. The Morgan fingerprint density at radius 3 is 3.04 bits per heavy atom. The number of nitrogens with zero attached hydrogens (tertiary/aromatic N) is 2. The molecule has 0 bridgehead atoms. The number of ether oxygens (including phenoxy) is 1. The number of hydrogen-bond acceptors (Lipinski definition) is 3. The Hall–Kier alpha value is -2.21. The molecule has 1 fully saturated rings. The predicted molar refractivity (Wildman–Crippen MR) is 84.4 cm³/mol. The molecule has 5 nitrogen and oxygen atoms in total. The quantitative estimate of drug-likeness (QED) is 0.943. The van der Waals surface area contributed by atoms with Gasteiger partial charge in [0.1, 0.15) is 12.4 Å². The second-order valence-electron chi connectivity index (χ2n) is 5.79. The van der Waals surface area contributed by atoms with Gasteiger partial charge in [0, 0.05) is 42.9 Å². The van der Waals surface area contributed by atoms with Crippen LogP contribution in [-0.2, 0) is 9.53 Å². The summed E-state index contributed by atoms with van der Waals surface area (Å²) in [5, 5.41) is 7.11. The highest BCUT2D eigenvalue weighted by atomic mass is 19.1. The lowest BCUT2D eigenvalue weighted by molar-refractivity contribution is -0.136. The van der Waals surface area contributed by atoms with Crippen molar-refractivity contribution >= 4 is 5.91 Å². The molecule has 0 unspecified atom stereocenters. The van der Waals surface area contributed by atoms with E-state index in [1.165, 1.54) is 13.2 Å². The van der Waals surface area contributed by atoms with Gasteiger partial charge in [0.05, 0.1) is 6.20 Å². The second-order valence-corrected chi connectivity index (χ2v) is 5.79. The van der Waals surface area contributed by atoms with Crippen LogP contribution in [0.1, 0.15) is 24.5 Å². The number of aromatic amines is 1. The van der Waals surface area contributed by atoms with Crippen molar-refractivity contribution in [2.75, 3.05) is 26.8 Å². The summed E-state index contributed by atoms with van der Waals surface area (Å²) in [4.78, 5) is 13.8. The van der Waals surface area contributed by atoms with E-state index in [-0.39, 0.29) is 24.2 Å². The van der Waals surface area contributed by atoms with Gasteiger partial charge in [-0.05, 0) is 18.9 Å². The molecule has 1 aliphatic heterocycles. The summed E-state index contributed by atoms with van der Waals surface area (Å²) in [5.74, 6) is -0.149. The summed E-state index contributed by atoms with van der Waals surface area (Å²) in [6.45, 7) is 1.43. The van der Waals surface area contributed by atoms with Gasteiger partial charge in [-0.2, -0.15) is 5.10 Å². The largest absolute Gasteiger partial charge is 0.375 e. The maximum absolute atomic E-state index is 14.1. The molecule has 0 saturated carbocycles. The van der Waals surface area contributed by atoms with Crippen molar-refractivity contribution in [2.45, 2.75) is 18.8 Å². The summed E-state index contributed by atoms with van der Waals surface area (Å²) in [6, 6.07) is 6.68. The number of carbonyl (C=O) groups is 1. The first kappa shape index (κ1) is 15.7. The molecular weight excluding hydrogens is 297 g/mol. The lowest BCUT2D eigenvalue weighted by Gasteiger charge is -2.32. The van der Waals surface area contributed by atoms with Crippen LogP contribution in [0.4, 0.5) is 4.39 Å². The fraction of sp³-hybridized carbons (Fsp3) is 0.412. The van der Waals surface area contributed by atoms with Gasteiger partial charge in [-0.15, -0.1) is 0 Å². The molecule has 1 aromatic heterocycles. The summed E-state index contributed by atoms with van der Waals surface area (Å²) in [5.41, 5.74) is 2.20. The molecule has 1 amide bonds. The Bertz CT molecular complexity index is 686. The zero-order chi connectivity index (χ0) is 16.2. The van der Waals surface area contributed by atoms with Crippen LogP contribution >= 0.6 is 0 Å². The zero-order valence-electron chi connectivity index (χ0n) is 13.1. The van der Waals surface area contributed by atoms with Gasteiger partial charge in [-0.25, -0.2) is 4.39 Å². The van der Waals surface area contributed by atoms with E-state index in [4.69, 9.17) is 4.74 Å². The van der Waals surface area contributed by atoms with Crippen LogP contribution in [0, 0.1) is 5.82 Å². The lowest BCUT2D eigenvalue weighted by Crippen LogP contribution is -2.41. The Kier molecular flexibility index (Phi) is 4.71. The van der Waals surface area contributed by atoms with Crippen molar-refractivity contribution in [3.05, 3.63) is 42.0 Å². The van der Waals surface area contributed by atoms with Crippen LogP contribution in [-0.4, -0.2) is 47.8 Å². The van der Waals surface area contributed by atoms with Crippen molar-refractivity contribution in [1.82, 2.24) is 15.1 Å². The number of carbonyl (C=O) groups excluding carboxylic acids is 1. The van der Waals surface area contributed by atoms with Crippen molar-refractivity contribution < 1.29 is 13.9 Å². The smallest absolute Gasteiger partial charge is 0.248 e. The Morgan fingerprint density at radius 1 is 1.43 bits per heavy atom. The van der Waals surface area contributed by atoms with E-state index < -0.39 is 0 Å². The molecule has 0 aliphatic carbocycles. The first-order valence-electron chi connectivity index (χ1n) is 7.75. The minimum atomic E-state index is -0.265. The van der Waals surface area contributed by atoms with Crippen LogP contribution < -0.4 is 0 Å². The van der Waals surface area contributed by atoms with Crippen LogP contribution in [0.15, 0.2) is 30.5 Å². The maximum Gasteiger partial charge on any atom is 0.248 e. The SMILES string of the molecule is COCC(=O)N1CCC[C@@H](c2[nH]ncc2-c2ccccc2F)C1. The predicted octanol–water partition coefficient (Wildman–Crippen LogP) is 2.57. The molecule has 1 N–H and O–H groups in total. The molecule has 1 saturated heterocycles. The first-order chi connectivity index (χ1) is 11.2. The van der Waals surface area contributed by atoms with Crippen LogP contribution in [0.2, 0.25) is 0 Å². The van der Waals surface area contributed by atoms with Crippen LogP contribution in [0.3, 0.4) is 0 Å². The molecule has 2 heterocycles. The topological polar surface area (TPSA) is 58.2 Å². The minimum Gasteiger partial charge on any atom is -0.375 e. The van der Waals surface area contributed by atoms with Gasteiger partial charge < -0.3 is 9.64 Å². The monoisotopic (exact) mass is 317 g/mol. The van der Waals surface area contributed by atoms with Gasteiger partial charge in [-0.1, -0.05) is 18.2 Å². The molecule has 0 radical (unpaired) electrons. The van der Waals surface area contributed by atoms with E-state index in [0.29, 0.717) is 12.1 Å². The second kappa shape index (κ2) is 6.91. The number of methoxy groups -OCH3 is 1. The number of likely N-dealkylation sites (tertiary alicyclic amines) is 1. The number of benzene rings is 1. The molecule has 23 heavy (non-hydrogen) atoms. The molecule has 122 valence electrons. The third kappa shape index (κ3) is 3.27. The van der Waals surface area contributed by atoms with E-state index >= 15 is 0 Å². The molecule has 1 aliphatic rings. The van der Waals surface area contributed by atoms with E-state index in [9.17, 15) is 9.18 Å². The van der Waals surface area contributed by atoms with Crippen molar-refractivity contribution in [1.29, 1.82) is 0 Å². The zero-order valence-corrected chi connectivity index (χ0v) is 13.1. The third-order valence-electron chi connectivity index (χ3n) is 4.28. The average Bonchev–Trinajstić information content (AvgIpc) is 3.05. The molecule has 1 aromatic carbocycles. The van der Waals surface area contributed by atoms with Crippen LogP contribution in [0.5, 0.6) is 0 Å². The highest BCUT2D eigenvalue weighted by Crippen LogP contribution is 2.34. The van der Waals surface area contributed by atoms with Crippen molar-refractivity contribution in [3.8, 4) is 11.1 Å². The molecule has 2 aromatic rings. The number of nitrogens with one attached hydrogen (secondary N) is 1. The molecule has 3 rings (SSSR count). The Morgan fingerprint density at radius 2 is 2.26 bits per heavy atom. The fourth-order valence-corrected chi connectivity index (χ4v) is 3.16. The Labute approximate surface area is 134 Å². The van der Waals surface area contributed by atoms with Crippen molar-refractivity contribution in [2.24, 2.45) is 0 Å². The maximum atomic E-state index is 14.1. The van der Waals surface area contributed by atoms with Crippen molar-refractivity contribution in [3.63, 3.8) is 0 Å². The minimum absolute atomic E-state index is 0.0100. The number of amides is 1. The van der Waals surface area contributed by atoms with E-state index in [1.807, 2.05) is 11.0 Å². The number of H-pyrrole nitrogens is 1. The molecule has 1 atom stereocenters. The van der Waals surface area contributed by atoms with Gasteiger partial charge in [0.15, 0.2) is 0 Å². The third-order valence-corrected chi connectivity index (χ3v) is 4.28. The highest BCUT2D eigenvalue weighted by molar-refractivity contribution is 5.77. The summed E-state index contributed by atoms with van der Waals surface area (Å²) in [6.07, 6.45) is 3.51. The van der Waals surface area contributed by atoms with Gasteiger partial charge in [0.2, 0.25) is 5.91 Å². The number of aromatic nitrogens is 2. The molecule has 0 spiro atoms. The number of halogens is 1. The standard InChI is InChI=1S/C17H20FN3O2/c1-23-11-16(22)21-8-4-5-12(10-21)17-14(9-19-20-17)13-6-2-3-7-15(13)18/h2-3,6-7,9,12H,4-5,8,10-11H2,1H3,(H,19,20)/t12-/m1/s1. The van der Waals surface area contributed by atoms with Crippen LogP contribution in [0.25, 0.3) is 11.1 Å². The van der Waals surface area contributed by atoms with Gasteiger partial charge in [-0.3, -0.25) is 9.89 Å². The number of piperidine rings is 1. The number of rotatable bonds is 4. The summed E-state index contributed by atoms with van der Waals surface area (Å²) < 4.78 is 19.0. The summed E-state index contributed by atoms with van der Waals surface area (Å²) >= 11 is 0. The van der Waals surface area contributed by atoms with Gasteiger partial charge in [0.25, 0.3) is 0 Å². The van der Waals surface area contributed by atoms with E-state index in [2.05, 4.69) is 10.2 Å². The Balaban J connectivity index is 1.84. The van der Waals surface area contributed by atoms with E-state index in [0.717, 1.165) is 30.6 Å². The van der Waals surface area contributed by atoms with Gasteiger partial charge >= 0.3 is 0 Å². The highest BCUT2D eigenvalue weighted by Gasteiger charge is 2.28. The lowest BCUT2D eigenvalue weighted by atomic mass is 9.90. The number of hydrogen-bond donors (Lipinski definition) is 1.